The molecule has 4 heteroatoms. The summed E-state index contributed by atoms with van der Waals surface area (Å²) in [7, 11) is 3.89. The second-order valence-electron chi connectivity index (χ2n) is 3.95. The van der Waals surface area contributed by atoms with E-state index in [2.05, 4.69) is 5.32 Å². The van der Waals surface area contributed by atoms with Crippen LogP contribution in [0.15, 0.2) is 43.0 Å². The molecule has 0 aliphatic carbocycles. The van der Waals surface area contributed by atoms with Gasteiger partial charge in [0.05, 0.1) is 0 Å². The summed E-state index contributed by atoms with van der Waals surface area (Å²) >= 11 is 0. The molecule has 0 aliphatic heterocycles. The molecule has 0 spiro atoms. The van der Waals surface area contributed by atoms with Crippen LogP contribution in [0.1, 0.15) is 0 Å². The van der Waals surface area contributed by atoms with Gasteiger partial charge in [-0.1, -0.05) is 0 Å². The molecule has 17 heavy (non-hydrogen) atoms. The lowest BCUT2D eigenvalue weighted by molar-refractivity contribution is -0.671. The highest BCUT2D eigenvalue weighted by atomic mass is 16.1. The second kappa shape index (κ2) is 4.74. The Bertz CT molecular complexity index is 535. The quantitative estimate of drug-likeness (QED) is 0.606. The van der Waals surface area contributed by atoms with Crippen LogP contribution in [0.5, 0.6) is 0 Å². The van der Waals surface area contributed by atoms with Crippen LogP contribution in [-0.2, 0) is 18.9 Å². The van der Waals surface area contributed by atoms with Crippen molar-refractivity contribution in [3.05, 3.63) is 43.0 Å². The number of carbonyl (C=O) groups is 1. The van der Waals surface area contributed by atoms with E-state index >= 15 is 0 Å². The van der Waals surface area contributed by atoms with Crippen LogP contribution in [-0.4, -0.2) is 6.41 Å². The van der Waals surface area contributed by atoms with E-state index in [1.165, 1.54) is 0 Å². The van der Waals surface area contributed by atoms with Crippen molar-refractivity contribution in [1.82, 2.24) is 0 Å². The lowest BCUT2D eigenvalue weighted by Crippen LogP contribution is -2.27. The van der Waals surface area contributed by atoms with E-state index < -0.39 is 0 Å². The number of hydrogen-bond donors (Lipinski definition) is 1. The van der Waals surface area contributed by atoms with Gasteiger partial charge < -0.3 is 5.32 Å². The minimum Gasteiger partial charge on any atom is -0.323 e. The molecule has 0 aromatic carbocycles. The zero-order valence-corrected chi connectivity index (χ0v) is 9.92. The molecule has 0 unspecified atom stereocenters. The van der Waals surface area contributed by atoms with Crippen molar-refractivity contribution < 1.29 is 13.9 Å². The number of amides is 1. The first-order valence-electron chi connectivity index (χ1n) is 5.36. The van der Waals surface area contributed by atoms with E-state index in [4.69, 9.17) is 0 Å². The predicted octanol–water partition coefficient (Wildman–Crippen LogP) is 0.571. The normalized spacial score (nSPS) is 10.0. The van der Waals surface area contributed by atoms with E-state index in [1.54, 1.807) is 0 Å². The van der Waals surface area contributed by atoms with Gasteiger partial charge >= 0.3 is 0 Å². The van der Waals surface area contributed by atoms with Crippen molar-refractivity contribution in [3.63, 3.8) is 0 Å². The number of nitrogens with zero attached hydrogens (tertiary/aromatic N) is 2. The summed E-state index contributed by atoms with van der Waals surface area (Å²) in [5.74, 6) is 0. The second-order valence-corrected chi connectivity index (χ2v) is 3.95. The number of aryl methyl sites for hydroxylation is 2. The summed E-state index contributed by atoms with van der Waals surface area (Å²) in [4.78, 5) is 10.6. The van der Waals surface area contributed by atoms with Crippen LogP contribution in [0.3, 0.4) is 0 Å². The summed E-state index contributed by atoms with van der Waals surface area (Å²) in [5, 5.41) is 2.72. The molecule has 4 nitrogen and oxygen atoms in total. The molecule has 0 radical (unpaired) electrons. The summed E-state index contributed by atoms with van der Waals surface area (Å²) in [5.41, 5.74) is 2.89. The Morgan fingerprint density at radius 2 is 1.71 bits per heavy atom. The summed E-state index contributed by atoms with van der Waals surface area (Å²) in [6.07, 6.45) is 8.50. The number of anilines is 1. The molecule has 0 saturated heterocycles. The first kappa shape index (κ1) is 11.3. The maximum Gasteiger partial charge on any atom is 0.211 e. The first-order chi connectivity index (χ1) is 8.20. The van der Waals surface area contributed by atoms with Gasteiger partial charge in [-0.15, -0.1) is 0 Å². The van der Waals surface area contributed by atoms with Crippen LogP contribution in [0.2, 0.25) is 0 Å². The van der Waals surface area contributed by atoms with Crippen molar-refractivity contribution in [1.29, 1.82) is 0 Å². The third-order valence-electron chi connectivity index (χ3n) is 2.60. The maximum atomic E-state index is 10.6. The van der Waals surface area contributed by atoms with Gasteiger partial charge in [0, 0.05) is 23.8 Å². The topological polar surface area (TPSA) is 36.9 Å². The highest BCUT2D eigenvalue weighted by Gasteiger charge is 2.09. The monoisotopic (exact) mass is 229 g/mol. The minimum atomic E-state index is 0.696. The average Bonchev–Trinajstić information content (AvgIpc) is 2.31. The molecule has 1 N–H and O–H groups in total. The van der Waals surface area contributed by atoms with E-state index in [1.807, 2.05) is 66.2 Å². The van der Waals surface area contributed by atoms with Crippen molar-refractivity contribution in [2.24, 2.45) is 14.1 Å². The highest BCUT2D eigenvalue weighted by Crippen LogP contribution is 2.24. The van der Waals surface area contributed by atoms with E-state index in [9.17, 15) is 4.79 Å². The first-order valence-corrected chi connectivity index (χ1v) is 5.36. The van der Waals surface area contributed by atoms with Gasteiger partial charge in [-0.3, -0.25) is 4.79 Å². The average molecular weight is 229 g/mol. The molecule has 2 rings (SSSR count). The highest BCUT2D eigenvalue weighted by molar-refractivity contribution is 5.83. The van der Waals surface area contributed by atoms with Gasteiger partial charge in [0.15, 0.2) is 24.8 Å². The van der Waals surface area contributed by atoms with Crippen molar-refractivity contribution in [2.75, 3.05) is 5.32 Å². The van der Waals surface area contributed by atoms with Gasteiger partial charge in [0.1, 0.15) is 19.8 Å². The molecule has 0 bridgehead atoms. The molecule has 86 valence electrons. The van der Waals surface area contributed by atoms with Crippen molar-refractivity contribution in [3.8, 4) is 11.1 Å². The van der Waals surface area contributed by atoms with Gasteiger partial charge in [0.2, 0.25) is 6.41 Å². The Labute approximate surface area is 100 Å². The smallest absolute Gasteiger partial charge is 0.211 e. The number of carbonyl (C=O) groups excluding carboxylic acids is 1. The number of aromatic nitrogens is 2. The molecule has 2 aromatic heterocycles. The predicted molar refractivity (Wildman–Crippen MR) is 63.9 cm³/mol. The van der Waals surface area contributed by atoms with Gasteiger partial charge in [-0.25, -0.2) is 9.13 Å². The summed E-state index contributed by atoms with van der Waals surface area (Å²) < 4.78 is 3.87. The van der Waals surface area contributed by atoms with Crippen LogP contribution in [0, 0.1) is 0 Å². The summed E-state index contributed by atoms with van der Waals surface area (Å²) in [6.45, 7) is 0. The fraction of sp³-hybridized carbons (Fsp3) is 0.154. The Hall–Kier alpha value is -2.23. The molecule has 0 atom stereocenters. The molecule has 0 aliphatic rings. The van der Waals surface area contributed by atoms with Crippen LogP contribution < -0.4 is 14.5 Å². The molecule has 0 fully saturated rings. The van der Waals surface area contributed by atoms with E-state index in [0.717, 1.165) is 16.8 Å². The third-order valence-corrected chi connectivity index (χ3v) is 2.60. The number of rotatable bonds is 3. The molecule has 0 saturated carbocycles. The van der Waals surface area contributed by atoms with Crippen LogP contribution >= 0.6 is 0 Å². The van der Waals surface area contributed by atoms with Crippen LogP contribution in [0.25, 0.3) is 11.1 Å². The van der Waals surface area contributed by atoms with Crippen molar-refractivity contribution >= 4 is 12.1 Å². The van der Waals surface area contributed by atoms with Gasteiger partial charge in [-0.05, 0) is 5.56 Å². The molecule has 2 aromatic rings. The Balaban J connectivity index is 2.50. The standard InChI is InChI=1S/C13H14N3O/c1-15-6-3-11(4-7-15)12-5-8-16(2)9-13(12)14-10-17/h3-10H,1-2H3/q+1/p+1. The Kier molecular flexibility index (Phi) is 3.14. The molecular weight excluding hydrogens is 214 g/mol. The largest absolute Gasteiger partial charge is 0.323 e. The Morgan fingerprint density at radius 3 is 2.35 bits per heavy atom. The molecule has 1 amide bonds. The maximum absolute atomic E-state index is 10.6. The number of pyridine rings is 2. The van der Waals surface area contributed by atoms with Gasteiger partial charge in [-0.2, -0.15) is 0 Å². The lowest BCUT2D eigenvalue weighted by Gasteiger charge is -2.05. The molecule has 2 heterocycles. The zero-order valence-electron chi connectivity index (χ0n) is 9.92. The molecular formula is C13H15N3O+2. The summed E-state index contributed by atoms with van der Waals surface area (Å²) in [6, 6.07) is 6.03. The minimum absolute atomic E-state index is 0.696. The lowest BCUT2D eigenvalue weighted by atomic mass is 10.1. The fourth-order valence-electron chi connectivity index (χ4n) is 1.71. The van der Waals surface area contributed by atoms with E-state index in [0.29, 0.717) is 6.41 Å². The number of nitrogens with one attached hydrogen (secondary N) is 1. The van der Waals surface area contributed by atoms with E-state index in [-0.39, 0.29) is 0 Å². The zero-order chi connectivity index (χ0) is 12.3. The fourth-order valence-corrected chi connectivity index (χ4v) is 1.71. The SMILES string of the molecule is C[n+]1ccc(-c2cc[n+](C)cc2NC=O)cc1. The van der Waals surface area contributed by atoms with Gasteiger partial charge in [0.25, 0.3) is 0 Å². The number of hydrogen-bond acceptors (Lipinski definition) is 1. The Morgan fingerprint density at radius 1 is 1.06 bits per heavy atom. The van der Waals surface area contributed by atoms with Crippen LogP contribution in [0.4, 0.5) is 5.69 Å². The van der Waals surface area contributed by atoms with Crippen molar-refractivity contribution in [2.45, 2.75) is 0 Å². The third kappa shape index (κ3) is 2.47.